The molecule has 4 aromatic rings. The molecule has 28 heavy (non-hydrogen) atoms. The minimum absolute atomic E-state index is 0.196. The van der Waals surface area contributed by atoms with Gasteiger partial charge in [0.2, 0.25) is 0 Å². The molecule has 2 aromatic carbocycles. The van der Waals surface area contributed by atoms with Crippen molar-refractivity contribution in [3.05, 3.63) is 70.6 Å². The molecule has 6 nitrogen and oxygen atoms in total. The zero-order valence-electron chi connectivity index (χ0n) is 15.8. The van der Waals surface area contributed by atoms with Gasteiger partial charge in [-0.05, 0) is 44.0 Å². The third-order valence-electron chi connectivity index (χ3n) is 4.51. The third kappa shape index (κ3) is 3.48. The summed E-state index contributed by atoms with van der Waals surface area (Å²) in [6, 6.07) is 13.7. The number of anilines is 1. The first-order valence-electron chi connectivity index (χ1n) is 8.84. The number of carbonyl (C=O) groups is 1. The molecule has 2 heterocycles. The molecule has 4 rings (SSSR count). The molecular weight excluding hydrogens is 374 g/mol. The second-order valence-electron chi connectivity index (χ2n) is 6.51. The van der Waals surface area contributed by atoms with Gasteiger partial charge in [0.1, 0.15) is 18.1 Å². The Bertz CT molecular complexity index is 1160. The van der Waals surface area contributed by atoms with Gasteiger partial charge in [0.05, 0.1) is 15.8 Å². The number of ether oxygens (including phenoxy) is 1. The Morgan fingerprint density at radius 1 is 1.11 bits per heavy atom. The van der Waals surface area contributed by atoms with Crippen LogP contribution >= 0.6 is 11.3 Å². The minimum atomic E-state index is -0.364. The Morgan fingerprint density at radius 3 is 2.68 bits per heavy atom. The maximum absolute atomic E-state index is 12.8. The van der Waals surface area contributed by atoms with Gasteiger partial charge >= 0.3 is 0 Å². The summed E-state index contributed by atoms with van der Waals surface area (Å²) in [5.74, 6) is 0.951. The van der Waals surface area contributed by atoms with Gasteiger partial charge in [0.25, 0.3) is 5.91 Å². The number of para-hydroxylation sites is 2. The smallest absolute Gasteiger partial charge is 0.280 e. The fourth-order valence-corrected chi connectivity index (χ4v) is 3.84. The van der Waals surface area contributed by atoms with Gasteiger partial charge in [-0.3, -0.25) is 10.1 Å². The molecule has 1 amide bonds. The Labute approximate surface area is 166 Å². The molecule has 0 aliphatic carbocycles. The van der Waals surface area contributed by atoms with E-state index in [2.05, 4.69) is 15.5 Å². The number of aromatic nitrogens is 2. The highest BCUT2D eigenvalue weighted by molar-refractivity contribution is 7.22. The summed E-state index contributed by atoms with van der Waals surface area (Å²) in [5, 5.41) is 7.28. The fraction of sp³-hybridized carbons (Fsp3) is 0.190. The van der Waals surface area contributed by atoms with E-state index in [4.69, 9.17) is 9.26 Å². The zero-order valence-corrected chi connectivity index (χ0v) is 16.6. The molecule has 0 saturated carbocycles. The van der Waals surface area contributed by atoms with Crippen molar-refractivity contribution in [1.82, 2.24) is 10.1 Å². The van der Waals surface area contributed by atoms with Crippen molar-refractivity contribution in [2.24, 2.45) is 0 Å². The second-order valence-corrected chi connectivity index (χ2v) is 7.55. The van der Waals surface area contributed by atoms with Crippen molar-refractivity contribution in [3.63, 3.8) is 0 Å². The lowest BCUT2D eigenvalue weighted by Crippen LogP contribution is -2.15. The van der Waals surface area contributed by atoms with Gasteiger partial charge < -0.3 is 9.26 Å². The highest BCUT2D eigenvalue weighted by Crippen LogP contribution is 2.28. The number of nitrogens with one attached hydrogen (secondary N) is 1. The van der Waals surface area contributed by atoms with E-state index in [0.717, 1.165) is 27.1 Å². The first-order valence-corrected chi connectivity index (χ1v) is 9.65. The lowest BCUT2D eigenvalue weighted by Gasteiger charge is -2.08. The van der Waals surface area contributed by atoms with Gasteiger partial charge in [-0.1, -0.05) is 46.8 Å². The van der Waals surface area contributed by atoms with Crippen LogP contribution in [0, 0.1) is 20.8 Å². The predicted molar refractivity (Wildman–Crippen MR) is 109 cm³/mol. The van der Waals surface area contributed by atoms with Gasteiger partial charge in [-0.2, -0.15) is 0 Å². The topological polar surface area (TPSA) is 77.2 Å². The number of amides is 1. The van der Waals surface area contributed by atoms with Gasteiger partial charge in [-0.15, -0.1) is 0 Å². The first kappa shape index (κ1) is 18.2. The van der Waals surface area contributed by atoms with Crippen LogP contribution < -0.4 is 10.1 Å². The summed E-state index contributed by atoms with van der Waals surface area (Å²) in [7, 11) is 0. The van der Waals surface area contributed by atoms with Crippen LogP contribution in [0.15, 0.2) is 47.0 Å². The van der Waals surface area contributed by atoms with Crippen LogP contribution in [0.25, 0.3) is 10.2 Å². The number of carbonyl (C=O) groups excluding carboxylic acids is 1. The molecule has 0 fully saturated rings. The lowest BCUT2D eigenvalue weighted by atomic mass is 10.2. The lowest BCUT2D eigenvalue weighted by molar-refractivity contribution is 0.101. The molecule has 142 valence electrons. The Hall–Kier alpha value is -3.19. The molecule has 0 bridgehead atoms. The summed E-state index contributed by atoms with van der Waals surface area (Å²) in [5.41, 5.74) is 3.81. The molecule has 2 aromatic heterocycles. The van der Waals surface area contributed by atoms with Crippen molar-refractivity contribution >= 4 is 32.6 Å². The molecule has 1 N–H and O–H groups in total. The van der Waals surface area contributed by atoms with Crippen LogP contribution in [0.1, 0.15) is 32.9 Å². The number of rotatable bonds is 5. The number of hydrogen-bond acceptors (Lipinski definition) is 6. The van der Waals surface area contributed by atoms with Gasteiger partial charge in [0.15, 0.2) is 10.8 Å². The number of hydrogen-bond donors (Lipinski definition) is 1. The number of benzene rings is 2. The molecule has 7 heteroatoms. The molecule has 0 spiro atoms. The molecule has 0 aliphatic heterocycles. The SMILES string of the molecule is Cc1ccccc1OCc1c(C(=O)Nc2nc3c(C)cccc3s2)noc1C. The summed E-state index contributed by atoms with van der Waals surface area (Å²) in [4.78, 5) is 17.3. The molecule has 0 unspecified atom stereocenters. The standard InChI is InChI=1S/C21H19N3O3S/c1-12-7-4-5-9-16(12)26-11-15-14(3)27-24-19(15)20(25)23-21-22-18-13(2)8-6-10-17(18)28-21/h4-10H,11H2,1-3H3,(H,22,23,25). The van der Waals surface area contributed by atoms with Gasteiger partial charge in [0, 0.05) is 0 Å². The van der Waals surface area contributed by atoms with Crippen LogP contribution in [-0.2, 0) is 6.61 Å². The van der Waals surface area contributed by atoms with E-state index in [0.29, 0.717) is 16.5 Å². The Kier molecular flexibility index (Phi) is 4.83. The van der Waals surface area contributed by atoms with Crippen LogP contribution in [0.4, 0.5) is 5.13 Å². The van der Waals surface area contributed by atoms with Crippen molar-refractivity contribution in [2.45, 2.75) is 27.4 Å². The second kappa shape index (κ2) is 7.44. The average Bonchev–Trinajstić information content (AvgIpc) is 3.25. The van der Waals surface area contributed by atoms with Crippen LogP contribution in [-0.4, -0.2) is 16.0 Å². The normalized spacial score (nSPS) is 11.0. The van der Waals surface area contributed by atoms with Crippen LogP contribution in [0.5, 0.6) is 5.75 Å². The van der Waals surface area contributed by atoms with Crippen LogP contribution in [0.3, 0.4) is 0 Å². The Balaban J connectivity index is 1.54. The van der Waals surface area contributed by atoms with E-state index in [1.54, 1.807) is 6.92 Å². The third-order valence-corrected chi connectivity index (χ3v) is 5.44. The fourth-order valence-electron chi connectivity index (χ4n) is 2.90. The van der Waals surface area contributed by atoms with E-state index >= 15 is 0 Å². The highest BCUT2D eigenvalue weighted by atomic mass is 32.1. The summed E-state index contributed by atoms with van der Waals surface area (Å²) >= 11 is 1.43. The van der Waals surface area contributed by atoms with E-state index in [-0.39, 0.29) is 18.2 Å². The maximum Gasteiger partial charge on any atom is 0.280 e. The average molecular weight is 393 g/mol. The summed E-state index contributed by atoms with van der Waals surface area (Å²) < 4.78 is 12.1. The zero-order chi connectivity index (χ0) is 19.7. The Morgan fingerprint density at radius 2 is 1.89 bits per heavy atom. The quantitative estimate of drug-likeness (QED) is 0.514. The molecule has 0 atom stereocenters. The van der Waals surface area contributed by atoms with Gasteiger partial charge in [-0.25, -0.2) is 4.98 Å². The largest absolute Gasteiger partial charge is 0.488 e. The van der Waals surface area contributed by atoms with E-state index in [9.17, 15) is 4.79 Å². The molecule has 0 aliphatic rings. The highest BCUT2D eigenvalue weighted by Gasteiger charge is 2.22. The molecular formula is C21H19N3O3S. The molecule has 0 saturated heterocycles. The van der Waals surface area contributed by atoms with Crippen LogP contribution in [0.2, 0.25) is 0 Å². The summed E-state index contributed by atoms with van der Waals surface area (Å²) in [6.07, 6.45) is 0. The number of thiazole rings is 1. The van der Waals surface area contributed by atoms with E-state index in [1.165, 1.54) is 11.3 Å². The first-order chi connectivity index (χ1) is 13.5. The minimum Gasteiger partial charge on any atom is -0.488 e. The number of nitrogens with zero attached hydrogens (tertiary/aromatic N) is 2. The molecule has 0 radical (unpaired) electrons. The number of fused-ring (bicyclic) bond motifs is 1. The summed E-state index contributed by atoms with van der Waals surface area (Å²) in [6.45, 7) is 5.93. The monoisotopic (exact) mass is 393 g/mol. The van der Waals surface area contributed by atoms with E-state index in [1.807, 2.05) is 56.3 Å². The van der Waals surface area contributed by atoms with Crippen molar-refractivity contribution < 1.29 is 14.1 Å². The predicted octanol–water partition coefficient (Wildman–Crippen LogP) is 5.04. The van der Waals surface area contributed by atoms with Crippen molar-refractivity contribution in [1.29, 1.82) is 0 Å². The maximum atomic E-state index is 12.8. The number of aryl methyl sites for hydroxylation is 3. The van der Waals surface area contributed by atoms with Crippen molar-refractivity contribution in [3.8, 4) is 5.75 Å². The van der Waals surface area contributed by atoms with Crippen molar-refractivity contribution in [2.75, 3.05) is 5.32 Å². The van der Waals surface area contributed by atoms with E-state index < -0.39 is 0 Å².